The van der Waals surface area contributed by atoms with Crippen molar-refractivity contribution in [3.63, 3.8) is 0 Å². The molecule has 0 aliphatic heterocycles. The Morgan fingerprint density at radius 3 is 2.08 bits per heavy atom. The van der Waals surface area contributed by atoms with Gasteiger partial charge in [0.05, 0.1) is 23.8 Å². The molecule has 8 heteroatoms. The van der Waals surface area contributed by atoms with E-state index < -0.39 is 11.8 Å². The first-order valence-electron chi connectivity index (χ1n) is 7.32. The van der Waals surface area contributed by atoms with Crippen molar-refractivity contribution in [3.8, 4) is 11.5 Å². The third-order valence-electron chi connectivity index (χ3n) is 3.20. The standard InChI is InChI=1S/C17H16Cl2N2O4/c1-3-25-14-7-5-11(9-15(14)24-2)17(23)21-20-16(22)10-4-6-12(18)13(19)8-10/h4-9H,3H2,1-2H3,(H,20,22)(H,21,23). The molecule has 25 heavy (non-hydrogen) atoms. The number of ether oxygens (including phenoxy) is 2. The van der Waals surface area contributed by atoms with Crippen molar-refractivity contribution in [2.45, 2.75) is 6.92 Å². The van der Waals surface area contributed by atoms with Gasteiger partial charge in [-0.2, -0.15) is 0 Å². The summed E-state index contributed by atoms with van der Waals surface area (Å²) in [5.41, 5.74) is 5.20. The Balaban J connectivity index is 2.04. The molecule has 2 aromatic carbocycles. The van der Waals surface area contributed by atoms with E-state index in [1.165, 1.54) is 31.4 Å². The van der Waals surface area contributed by atoms with Crippen LogP contribution in [0, 0.1) is 0 Å². The first kappa shape index (κ1) is 18.9. The van der Waals surface area contributed by atoms with Gasteiger partial charge in [0.25, 0.3) is 11.8 Å². The largest absolute Gasteiger partial charge is 0.493 e. The van der Waals surface area contributed by atoms with Crippen molar-refractivity contribution < 1.29 is 19.1 Å². The molecule has 0 aliphatic carbocycles. The molecule has 132 valence electrons. The average molecular weight is 383 g/mol. The normalized spacial score (nSPS) is 10.1. The molecule has 0 unspecified atom stereocenters. The second-order valence-electron chi connectivity index (χ2n) is 4.84. The van der Waals surface area contributed by atoms with Crippen molar-refractivity contribution in [2.24, 2.45) is 0 Å². The fourth-order valence-corrected chi connectivity index (χ4v) is 2.28. The summed E-state index contributed by atoms with van der Waals surface area (Å²) in [6, 6.07) is 9.11. The summed E-state index contributed by atoms with van der Waals surface area (Å²) in [6.45, 7) is 2.32. The molecule has 0 spiro atoms. The van der Waals surface area contributed by atoms with Crippen molar-refractivity contribution in [1.82, 2.24) is 10.9 Å². The Bertz CT molecular complexity index is 796. The SMILES string of the molecule is CCOc1ccc(C(=O)NNC(=O)c2ccc(Cl)c(Cl)c2)cc1OC. The third-order valence-corrected chi connectivity index (χ3v) is 3.94. The second kappa shape index (κ2) is 8.60. The van der Waals surface area contributed by atoms with Crippen LogP contribution in [0.5, 0.6) is 11.5 Å². The highest BCUT2D eigenvalue weighted by Crippen LogP contribution is 2.28. The molecule has 2 aromatic rings. The minimum atomic E-state index is -0.523. The second-order valence-corrected chi connectivity index (χ2v) is 5.65. The zero-order chi connectivity index (χ0) is 18.4. The van der Waals surface area contributed by atoms with Crippen LogP contribution in [0.15, 0.2) is 36.4 Å². The highest BCUT2D eigenvalue weighted by atomic mass is 35.5. The Morgan fingerprint density at radius 2 is 1.52 bits per heavy atom. The number of carbonyl (C=O) groups excluding carboxylic acids is 2. The van der Waals surface area contributed by atoms with E-state index in [1.54, 1.807) is 12.1 Å². The number of methoxy groups -OCH3 is 1. The van der Waals surface area contributed by atoms with E-state index in [-0.39, 0.29) is 10.6 Å². The lowest BCUT2D eigenvalue weighted by atomic mass is 10.2. The van der Waals surface area contributed by atoms with Crippen LogP contribution in [0.3, 0.4) is 0 Å². The van der Waals surface area contributed by atoms with Gasteiger partial charge in [0, 0.05) is 11.1 Å². The fourth-order valence-electron chi connectivity index (χ4n) is 1.98. The number of rotatable bonds is 5. The molecular weight excluding hydrogens is 367 g/mol. The van der Waals surface area contributed by atoms with E-state index in [0.717, 1.165) is 0 Å². The lowest BCUT2D eigenvalue weighted by Gasteiger charge is -2.12. The molecule has 2 rings (SSSR count). The number of halogens is 2. The van der Waals surface area contributed by atoms with Gasteiger partial charge in [0.15, 0.2) is 11.5 Å². The van der Waals surface area contributed by atoms with Gasteiger partial charge >= 0.3 is 0 Å². The minimum absolute atomic E-state index is 0.247. The summed E-state index contributed by atoms with van der Waals surface area (Å²) in [4.78, 5) is 24.2. The topological polar surface area (TPSA) is 76.7 Å². The molecular formula is C17H16Cl2N2O4. The zero-order valence-corrected chi connectivity index (χ0v) is 15.1. The maximum absolute atomic E-state index is 12.2. The maximum atomic E-state index is 12.2. The summed E-state index contributed by atoms with van der Waals surface area (Å²) in [5.74, 6) is -0.0775. The summed E-state index contributed by atoms with van der Waals surface area (Å²) in [7, 11) is 1.48. The predicted octanol–water partition coefficient (Wildman–Crippen LogP) is 3.48. The molecule has 0 radical (unpaired) electrons. The van der Waals surface area contributed by atoms with Crippen molar-refractivity contribution >= 4 is 35.0 Å². The van der Waals surface area contributed by atoms with E-state index >= 15 is 0 Å². The molecule has 0 saturated heterocycles. The van der Waals surface area contributed by atoms with Gasteiger partial charge in [-0.25, -0.2) is 0 Å². The van der Waals surface area contributed by atoms with Gasteiger partial charge in [-0.3, -0.25) is 20.4 Å². The molecule has 0 heterocycles. The van der Waals surface area contributed by atoms with E-state index in [2.05, 4.69) is 10.9 Å². The van der Waals surface area contributed by atoms with E-state index in [0.29, 0.717) is 28.7 Å². The molecule has 0 bridgehead atoms. The lowest BCUT2D eigenvalue weighted by molar-refractivity contribution is 0.0846. The first-order valence-corrected chi connectivity index (χ1v) is 8.08. The Hall–Kier alpha value is -2.44. The number of amides is 2. The van der Waals surface area contributed by atoms with Gasteiger partial charge < -0.3 is 9.47 Å². The van der Waals surface area contributed by atoms with Crippen molar-refractivity contribution in [2.75, 3.05) is 13.7 Å². The Kier molecular flexibility index (Phi) is 6.50. The van der Waals surface area contributed by atoms with E-state index in [4.69, 9.17) is 32.7 Å². The molecule has 2 N–H and O–H groups in total. The van der Waals surface area contributed by atoms with Crippen molar-refractivity contribution in [1.29, 1.82) is 0 Å². The van der Waals surface area contributed by atoms with Gasteiger partial charge in [-0.05, 0) is 43.3 Å². The minimum Gasteiger partial charge on any atom is -0.493 e. The molecule has 0 aliphatic rings. The highest BCUT2D eigenvalue weighted by Gasteiger charge is 2.13. The van der Waals surface area contributed by atoms with E-state index in [9.17, 15) is 9.59 Å². The molecule has 2 amide bonds. The smallest absolute Gasteiger partial charge is 0.269 e. The third kappa shape index (κ3) is 4.78. The highest BCUT2D eigenvalue weighted by molar-refractivity contribution is 6.42. The van der Waals surface area contributed by atoms with Gasteiger partial charge in [-0.15, -0.1) is 0 Å². The molecule has 6 nitrogen and oxygen atoms in total. The Morgan fingerprint density at radius 1 is 0.920 bits per heavy atom. The summed E-state index contributed by atoms with van der Waals surface area (Å²) in [5, 5.41) is 0.584. The molecule has 0 aromatic heterocycles. The number of hydrogen-bond acceptors (Lipinski definition) is 4. The van der Waals surface area contributed by atoms with Crippen LogP contribution in [-0.4, -0.2) is 25.5 Å². The van der Waals surface area contributed by atoms with Gasteiger partial charge in [-0.1, -0.05) is 23.2 Å². The Labute approximate surface area is 155 Å². The van der Waals surface area contributed by atoms with Crippen LogP contribution in [-0.2, 0) is 0 Å². The maximum Gasteiger partial charge on any atom is 0.269 e. The van der Waals surface area contributed by atoms with Gasteiger partial charge in [0.2, 0.25) is 0 Å². The van der Waals surface area contributed by atoms with Crippen LogP contribution in [0.25, 0.3) is 0 Å². The average Bonchev–Trinajstić information content (AvgIpc) is 2.62. The van der Waals surface area contributed by atoms with Crippen LogP contribution in [0.4, 0.5) is 0 Å². The van der Waals surface area contributed by atoms with Crippen molar-refractivity contribution in [3.05, 3.63) is 57.6 Å². The number of benzene rings is 2. The summed E-state index contributed by atoms with van der Waals surface area (Å²) in [6.07, 6.45) is 0. The predicted molar refractivity (Wildman–Crippen MR) is 95.6 cm³/mol. The van der Waals surface area contributed by atoms with Crippen LogP contribution >= 0.6 is 23.2 Å². The number of hydrogen-bond donors (Lipinski definition) is 2. The van der Waals surface area contributed by atoms with Crippen LogP contribution in [0.2, 0.25) is 10.0 Å². The fraction of sp³-hybridized carbons (Fsp3) is 0.176. The summed E-state index contributed by atoms with van der Waals surface area (Å²) >= 11 is 11.7. The lowest BCUT2D eigenvalue weighted by Crippen LogP contribution is -2.41. The molecule has 0 saturated carbocycles. The van der Waals surface area contributed by atoms with E-state index in [1.807, 2.05) is 6.92 Å². The monoisotopic (exact) mass is 382 g/mol. The van der Waals surface area contributed by atoms with Crippen LogP contribution in [0.1, 0.15) is 27.6 Å². The summed E-state index contributed by atoms with van der Waals surface area (Å²) < 4.78 is 10.6. The van der Waals surface area contributed by atoms with Gasteiger partial charge in [0.1, 0.15) is 0 Å². The van der Waals surface area contributed by atoms with Crippen LogP contribution < -0.4 is 20.3 Å². The quantitative estimate of drug-likeness (QED) is 0.776. The number of hydrazine groups is 1. The molecule has 0 atom stereocenters. The number of carbonyl (C=O) groups is 2. The molecule has 0 fully saturated rings. The number of nitrogens with one attached hydrogen (secondary N) is 2. The first-order chi connectivity index (χ1) is 12.0. The zero-order valence-electron chi connectivity index (χ0n) is 13.6.